The summed E-state index contributed by atoms with van der Waals surface area (Å²) >= 11 is 0. The number of hydrogen-bond acceptors (Lipinski definition) is 4. The first-order chi connectivity index (χ1) is 8.67. The average Bonchev–Trinajstić information content (AvgIpc) is 2.42. The molecular weight excluding hydrogens is 232 g/mol. The van der Waals surface area contributed by atoms with Crippen molar-refractivity contribution in [3.63, 3.8) is 0 Å². The second kappa shape index (κ2) is 7.27. The molecule has 0 unspecified atom stereocenters. The molecule has 0 saturated carbocycles. The molecule has 1 aromatic carbocycles. The fourth-order valence-corrected chi connectivity index (χ4v) is 1.49. The molecule has 0 aliphatic carbocycles. The molecule has 0 amide bonds. The minimum atomic E-state index is -0.405. The second-order valence-electron chi connectivity index (χ2n) is 3.63. The van der Waals surface area contributed by atoms with Crippen LogP contribution >= 0.6 is 0 Å². The lowest BCUT2D eigenvalue weighted by Gasteiger charge is -2.04. The highest BCUT2D eigenvalue weighted by Gasteiger charge is 2.04. The largest absolute Gasteiger partial charge is 0.469 e. The van der Waals surface area contributed by atoms with Gasteiger partial charge in [0.25, 0.3) is 0 Å². The van der Waals surface area contributed by atoms with Crippen molar-refractivity contribution in [1.29, 1.82) is 0 Å². The van der Waals surface area contributed by atoms with Gasteiger partial charge in [-0.1, -0.05) is 24.3 Å². The van der Waals surface area contributed by atoms with E-state index in [-0.39, 0.29) is 5.97 Å². The standard InChI is InChI=1S/C14H16O4/c1-17-13(15)9-7-11-5-3-4-6-12(11)8-10-14(16)18-2/h3-7,9H,8,10H2,1-2H3/b9-7+. The van der Waals surface area contributed by atoms with E-state index in [9.17, 15) is 9.59 Å². The van der Waals surface area contributed by atoms with Crippen LogP contribution in [0.25, 0.3) is 6.08 Å². The van der Waals surface area contributed by atoms with Gasteiger partial charge in [-0.2, -0.15) is 0 Å². The normalized spacial score (nSPS) is 10.3. The maximum absolute atomic E-state index is 11.1. The summed E-state index contributed by atoms with van der Waals surface area (Å²) < 4.78 is 9.12. The molecule has 1 aromatic rings. The molecule has 96 valence electrons. The lowest BCUT2D eigenvalue weighted by Crippen LogP contribution is -2.02. The van der Waals surface area contributed by atoms with Crippen LogP contribution in [0.5, 0.6) is 0 Å². The smallest absolute Gasteiger partial charge is 0.330 e. The number of methoxy groups -OCH3 is 2. The van der Waals surface area contributed by atoms with Crippen LogP contribution < -0.4 is 0 Å². The van der Waals surface area contributed by atoms with Crippen LogP contribution in [0.15, 0.2) is 30.3 Å². The Kier molecular flexibility index (Phi) is 5.64. The Labute approximate surface area is 106 Å². The van der Waals surface area contributed by atoms with E-state index in [1.807, 2.05) is 24.3 Å². The zero-order valence-electron chi connectivity index (χ0n) is 10.5. The fourth-order valence-electron chi connectivity index (χ4n) is 1.49. The summed E-state index contributed by atoms with van der Waals surface area (Å²) in [5.41, 5.74) is 1.88. The van der Waals surface area contributed by atoms with Crippen LogP contribution in [-0.4, -0.2) is 26.2 Å². The molecule has 1 rings (SSSR count). The Morgan fingerprint density at radius 3 is 2.56 bits per heavy atom. The van der Waals surface area contributed by atoms with Crippen LogP contribution in [0.1, 0.15) is 17.5 Å². The Bertz CT molecular complexity index is 449. The van der Waals surface area contributed by atoms with Gasteiger partial charge < -0.3 is 9.47 Å². The van der Waals surface area contributed by atoms with Gasteiger partial charge in [0, 0.05) is 12.5 Å². The molecule has 0 spiro atoms. The number of hydrogen-bond donors (Lipinski definition) is 0. The summed E-state index contributed by atoms with van der Waals surface area (Å²) in [4.78, 5) is 22.1. The number of benzene rings is 1. The third-order valence-corrected chi connectivity index (χ3v) is 2.48. The predicted octanol–water partition coefficient (Wildman–Crippen LogP) is 1.98. The van der Waals surface area contributed by atoms with Crippen molar-refractivity contribution in [1.82, 2.24) is 0 Å². The van der Waals surface area contributed by atoms with Crippen molar-refractivity contribution in [3.05, 3.63) is 41.5 Å². The average molecular weight is 248 g/mol. The summed E-state index contributed by atoms with van der Waals surface area (Å²) in [6, 6.07) is 7.56. The molecule has 18 heavy (non-hydrogen) atoms. The SMILES string of the molecule is COC(=O)/C=C/c1ccccc1CCC(=O)OC. The molecule has 0 aliphatic rings. The predicted molar refractivity (Wildman–Crippen MR) is 67.8 cm³/mol. The van der Waals surface area contributed by atoms with Gasteiger partial charge in [0.1, 0.15) is 0 Å². The molecule has 0 aromatic heterocycles. The van der Waals surface area contributed by atoms with Crippen LogP contribution in [0, 0.1) is 0 Å². The van der Waals surface area contributed by atoms with E-state index in [1.165, 1.54) is 20.3 Å². The van der Waals surface area contributed by atoms with Gasteiger partial charge in [-0.05, 0) is 23.6 Å². The van der Waals surface area contributed by atoms with Crippen LogP contribution in [0.2, 0.25) is 0 Å². The highest BCUT2D eigenvalue weighted by atomic mass is 16.5. The maximum Gasteiger partial charge on any atom is 0.330 e. The van der Waals surface area contributed by atoms with Gasteiger partial charge in [-0.3, -0.25) is 4.79 Å². The lowest BCUT2D eigenvalue weighted by atomic mass is 10.0. The quantitative estimate of drug-likeness (QED) is 0.590. The molecule has 0 bridgehead atoms. The van der Waals surface area contributed by atoms with E-state index >= 15 is 0 Å². The topological polar surface area (TPSA) is 52.6 Å². The number of ether oxygens (including phenoxy) is 2. The minimum Gasteiger partial charge on any atom is -0.469 e. The molecule has 0 aliphatic heterocycles. The molecule has 4 nitrogen and oxygen atoms in total. The van der Waals surface area contributed by atoms with Gasteiger partial charge in [0.15, 0.2) is 0 Å². The molecule has 0 radical (unpaired) electrons. The summed E-state index contributed by atoms with van der Waals surface area (Å²) in [6.07, 6.45) is 3.93. The van der Waals surface area contributed by atoms with Gasteiger partial charge in [0.05, 0.1) is 14.2 Å². The molecular formula is C14H16O4. The van der Waals surface area contributed by atoms with E-state index in [0.29, 0.717) is 12.8 Å². The monoisotopic (exact) mass is 248 g/mol. The molecule has 0 saturated heterocycles. The third kappa shape index (κ3) is 4.41. The summed E-state index contributed by atoms with van der Waals surface area (Å²) in [5, 5.41) is 0. The summed E-state index contributed by atoms with van der Waals surface area (Å²) in [7, 11) is 2.70. The Morgan fingerprint density at radius 1 is 1.17 bits per heavy atom. The molecule has 0 atom stereocenters. The lowest BCUT2D eigenvalue weighted by molar-refractivity contribution is -0.140. The van der Waals surface area contributed by atoms with Crippen molar-refractivity contribution in [2.45, 2.75) is 12.8 Å². The van der Waals surface area contributed by atoms with Gasteiger partial charge in [-0.25, -0.2) is 4.79 Å². The van der Waals surface area contributed by atoms with Crippen molar-refractivity contribution in [3.8, 4) is 0 Å². The molecule has 4 heteroatoms. The van der Waals surface area contributed by atoms with Crippen molar-refractivity contribution >= 4 is 18.0 Å². The van der Waals surface area contributed by atoms with Crippen LogP contribution in [0.3, 0.4) is 0 Å². The first-order valence-corrected chi connectivity index (χ1v) is 5.58. The number of carbonyl (C=O) groups excluding carboxylic acids is 2. The first-order valence-electron chi connectivity index (χ1n) is 5.58. The van der Waals surface area contributed by atoms with E-state index in [2.05, 4.69) is 9.47 Å². The van der Waals surface area contributed by atoms with Gasteiger partial charge in [-0.15, -0.1) is 0 Å². The van der Waals surface area contributed by atoms with Crippen molar-refractivity contribution in [2.24, 2.45) is 0 Å². The van der Waals surface area contributed by atoms with Gasteiger partial charge >= 0.3 is 11.9 Å². The number of esters is 2. The Hall–Kier alpha value is -2.10. The molecule has 0 fully saturated rings. The van der Waals surface area contributed by atoms with E-state index in [0.717, 1.165) is 11.1 Å². The van der Waals surface area contributed by atoms with Gasteiger partial charge in [0.2, 0.25) is 0 Å². The third-order valence-electron chi connectivity index (χ3n) is 2.48. The maximum atomic E-state index is 11.1. The number of carbonyl (C=O) groups is 2. The summed E-state index contributed by atoms with van der Waals surface area (Å²) in [5.74, 6) is -0.653. The van der Waals surface area contributed by atoms with E-state index in [4.69, 9.17) is 0 Å². The zero-order chi connectivity index (χ0) is 13.4. The van der Waals surface area contributed by atoms with Crippen molar-refractivity contribution < 1.29 is 19.1 Å². The van der Waals surface area contributed by atoms with Crippen LogP contribution in [-0.2, 0) is 25.5 Å². The zero-order valence-corrected chi connectivity index (χ0v) is 10.5. The highest BCUT2D eigenvalue weighted by molar-refractivity contribution is 5.87. The Balaban J connectivity index is 2.76. The van der Waals surface area contributed by atoms with Crippen molar-refractivity contribution in [2.75, 3.05) is 14.2 Å². The van der Waals surface area contributed by atoms with E-state index < -0.39 is 5.97 Å². The highest BCUT2D eigenvalue weighted by Crippen LogP contribution is 2.13. The summed E-state index contributed by atoms with van der Waals surface area (Å²) in [6.45, 7) is 0. The molecule has 0 N–H and O–H groups in total. The first kappa shape index (κ1) is 14.0. The Morgan fingerprint density at radius 2 is 1.89 bits per heavy atom. The number of rotatable bonds is 5. The second-order valence-corrected chi connectivity index (χ2v) is 3.63. The number of aryl methyl sites for hydroxylation is 1. The van der Waals surface area contributed by atoms with Crippen LogP contribution in [0.4, 0.5) is 0 Å². The van der Waals surface area contributed by atoms with E-state index in [1.54, 1.807) is 6.08 Å². The fraction of sp³-hybridized carbons (Fsp3) is 0.286. The molecule has 0 heterocycles. The minimum absolute atomic E-state index is 0.248.